The zero-order chi connectivity index (χ0) is 15.1. The van der Waals surface area contributed by atoms with Gasteiger partial charge >= 0.3 is 0 Å². The maximum atomic E-state index is 11.7. The molecule has 22 heavy (non-hydrogen) atoms. The molecule has 0 bridgehead atoms. The third kappa shape index (κ3) is 1.95. The van der Waals surface area contributed by atoms with Crippen molar-refractivity contribution in [1.82, 2.24) is 4.98 Å². The average molecular weight is 286 g/mol. The number of nitrogens with one attached hydrogen (secondary N) is 1. The summed E-state index contributed by atoms with van der Waals surface area (Å²) in [6.45, 7) is 0. The fraction of sp³-hybridized carbons (Fsp3) is 0. The number of hydrogen-bond donors (Lipinski definition) is 2. The van der Waals surface area contributed by atoms with Gasteiger partial charge in [0, 0.05) is 11.6 Å². The molecule has 0 fully saturated rings. The standard InChI is InChI=1S/C19H14N2O/c20-19(22)17-11-16(10-15-7-8-21-18(15)17)14-6-5-12-3-1-2-4-13(12)9-14/h1-11,21H,(H2,20,22). The summed E-state index contributed by atoms with van der Waals surface area (Å²) in [5.74, 6) is -0.421. The zero-order valence-corrected chi connectivity index (χ0v) is 11.8. The van der Waals surface area contributed by atoms with E-state index in [-0.39, 0.29) is 0 Å². The Bertz CT molecular complexity index is 1010. The first-order chi connectivity index (χ1) is 10.7. The Morgan fingerprint density at radius 2 is 1.59 bits per heavy atom. The lowest BCUT2D eigenvalue weighted by molar-refractivity contribution is 0.100. The van der Waals surface area contributed by atoms with Crippen LogP contribution >= 0.6 is 0 Å². The molecule has 3 N–H and O–H groups in total. The van der Waals surface area contributed by atoms with Crippen molar-refractivity contribution >= 4 is 27.6 Å². The van der Waals surface area contributed by atoms with E-state index in [0.717, 1.165) is 22.0 Å². The van der Waals surface area contributed by atoms with Crippen molar-refractivity contribution in [2.75, 3.05) is 0 Å². The number of aromatic amines is 1. The van der Waals surface area contributed by atoms with Crippen LogP contribution in [0.15, 0.2) is 66.9 Å². The molecule has 1 aromatic heterocycles. The molecule has 0 atom stereocenters. The third-order valence-electron chi connectivity index (χ3n) is 4.01. The summed E-state index contributed by atoms with van der Waals surface area (Å²) in [5, 5.41) is 3.36. The van der Waals surface area contributed by atoms with E-state index in [9.17, 15) is 4.79 Å². The van der Waals surface area contributed by atoms with E-state index in [2.05, 4.69) is 41.4 Å². The predicted octanol–water partition coefficient (Wildman–Crippen LogP) is 4.09. The highest BCUT2D eigenvalue weighted by molar-refractivity contribution is 6.07. The van der Waals surface area contributed by atoms with Crippen LogP contribution in [0.25, 0.3) is 32.8 Å². The molecular weight excluding hydrogens is 272 g/mol. The first-order valence-electron chi connectivity index (χ1n) is 7.12. The van der Waals surface area contributed by atoms with Gasteiger partial charge in [0.05, 0.1) is 11.1 Å². The lowest BCUT2D eigenvalue weighted by atomic mass is 9.98. The zero-order valence-electron chi connectivity index (χ0n) is 11.8. The number of rotatable bonds is 2. The van der Waals surface area contributed by atoms with Crippen molar-refractivity contribution in [2.45, 2.75) is 0 Å². The minimum Gasteiger partial charge on any atom is -0.366 e. The van der Waals surface area contributed by atoms with Gasteiger partial charge < -0.3 is 10.7 Å². The lowest BCUT2D eigenvalue weighted by Gasteiger charge is -2.07. The fourth-order valence-electron chi connectivity index (χ4n) is 2.90. The van der Waals surface area contributed by atoms with Gasteiger partial charge in [-0.25, -0.2) is 0 Å². The number of fused-ring (bicyclic) bond motifs is 2. The first-order valence-corrected chi connectivity index (χ1v) is 7.12. The van der Waals surface area contributed by atoms with Gasteiger partial charge in [-0.1, -0.05) is 36.4 Å². The van der Waals surface area contributed by atoms with E-state index in [1.165, 1.54) is 10.8 Å². The van der Waals surface area contributed by atoms with E-state index in [0.29, 0.717) is 5.56 Å². The second-order valence-corrected chi connectivity index (χ2v) is 5.39. The van der Waals surface area contributed by atoms with E-state index < -0.39 is 5.91 Å². The van der Waals surface area contributed by atoms with Gasteiger partial charge in [-0.2, -0.15) is 0 Å². The van der Waals surface area contributed by atoms with Crippen LogP contribution < -0.4 is 5.73 Å². The molecule has 0 saturated heterocycles. The molecule has 3 aromatic carbocycles. The lowest BCUT2D eigenvalue weighted by Crippen LogP contribution is -2.11. The van der Waals surface area contributed by atoms with Gasteiger partial charge in [0.25, 0.3) is 5.91 Å². The Balaban J connectivity index is 1.97. The van der Waals surface area contributed by atoms with E-state index in [1.807, 2.05) is 30.5 Å². The average Bonchev–Trinajstić information content (AvgIpc) is 3.01. The second kappa shape index (κ2) is 4.74. The van der Waals surface area contributed by atoms with Crippen LogP contribution in [-0.4, -0.2) is 10.9 Å². The molecule has 0 radical (unpaired) electrons. The number of aromatic nitrogens is 1. The Morgan fingerprint density at radius 1 is 0.818 bits per heavy atom. The molecule has 0 unspecified atom stereocenters. The molecule has 3 nitrogen and oxygen atoms in total. The van der Waals surface area contributed by atoms with Gasteiger partial charge in [0.2, 0.25) is 0 Å². The van der Waals surface area contributed by atoms with Crippen LogP contribution in [0.2, 0.25) is 0 Å². The maximum Gasteiger partial charge on any atom is 0.250 e. The van der Waals surface area contributed by atoms with Crippen LogP contribution in [0.1, 0.15) is 10.4 Å². The monoisotopic (exact) mass is 286 g/mol. The summed E-state index contributed by atoms with van der Waals surface area (Å²) in [6.07, 6.45) is 1.82. The molecule has 1 amide bonds. The number of primary amides is 1. The molecule has 0 aliphatic carbocycles. The van der Waals surface area contributed by atoms with Crippen molar-refractivity contribution in [1.29, 1.82) is 0 Å². The van der Waals surface area contributed by atoms with Crippen LogP contribution in [0.4, 0.5) is 0 Å². The third-order valence-corrected chi connectivity index (χ3v) is 4.01. The summed E-state index contributed by atoms with van der Waals surface area (Å²) in [7, 11) is 0. The molecule has 3 heteroatoms. The second-order valence-electron chi connectivity index (χ2n) is 5.39. The Hall–Kier alpha value is -3.07. The molecule has 0 aliphatic heterocycles. The number of nitrogens with two attached hydrogens (primary N) is 1. The van der Waals surface area contributed by atoms with E-state index >= 15 is 0 Å². The summed E-state index contributed by atoms with van der Waals surface area (Å²) in [5.41, 5.74) is 8.89. The molecule has 1 heterocycles. The maximum absolute atomic E-state index is 11.7. The molecule has 0 aliphatic rings. The van der Waals surface area contributed by atoms with Gasteiger partial charge in [0.15, 0.2) is 0 Å². The topological polar surface area (TPSA) is 58.9 Å². The Kier molecular flexibility index (Phi) is 2.73. The van der Waals surface area contributed by atoms with Crippen LogP contribution in [0, 0.1) is 0 Å². The molecule has 4 aromatic rings. The van der Waals surface area contributed by atoms with Crippen molar-refractivity contribution in [3.8, 4) is 11.1 Å². The molecule has 106 valence electrons. The van der Waals surface area contributed by atoms with Crippen LogP contribution in [-0.2, 0) is 0 Å². The highest BCUT2D eigenvalue weighted by Crippen LogP contribution is 2.29. The number of amides is 1. The van der Waals surface area contributed by atoms with Crippen molar-refractivity contribution in [3.05, 3.63) is 72.4 Å². The van der Waals surface area contributed by atoms with E-state index in [1.54, 1.807) is 0 Å². The molecule has 0 spiro atoms. The molecule has 4 rings (SSSR count). The van der Waals surface area contributed by atoms with Crippen molar-refractivity contribution < 1.29 is 4.79 Å². The van der Waals surface area contributed by atoms with E-state index in [4.69, 9.17) is 5.73 Å². The SMILES string of the molecule is NC(=O)c1cc(-c2ccc3ccccc3c2)cc2cc[nH]c12. The van der Waals surface area contributed by atoms with Gasteiger partial charge in [-0.15, -0.1) is 0 Å². The minimum absolute atomic E-state index is 0.421. The molecule has 0 saturated carbocycles. The van der Waals surface area contributed by atoms with Crippen LogP contribution in [0.3, 0.4) is 0 Å². The summed E-state index contributed by atoms with van der Waals surface area (Å²) in [6, 6.07) is 20.4. The number of carbonyl (C=O) groups excluding carboxylic acids is 1. The van der Waals surface area contributed by atoms with Crippen LogP contribution in [0.5, 0.6) is 0 Å². The fourth-order valence-corrected chi connectivity index (χ4v) is 2.90. The summed E-state index contributed by atoms with van der Waals surface area (Å²) < 4.78 is 0. The van der Waals surface area contributed by atoms with Crippen molar-refractivity contribution in [2.24, 2.45) is 5.73 Å². The Morgan fingerprint density at radius 3 is 2.41 bits per heavy atom. The van der Waals surface area contributed by atoms with Gasteiger partial charge in [0.1, 0.15) is 0 Å². The number of carbonyl (C=O) groups is 1. The largest absolute Gasteiger partial charge is 0.366 e. The minimum atomic E-state index is -0.421. The number of hydrogen-bond acceptors (Lipinski definition) is 1. The summed E-state index contributed by atoms with van der Waals surface area (Å²) >= 11 is 0. The predicted molar refractivity (Wildman–Crippen MR) is 89.8 cm³/mol. The highest BCUT2D eigenvalue weighted by Gasteiger charge is 2.11. The quantitative estimate of drug-likeness (QED) is 0.573. The molecular formula is C19H14N2O. The normalized spacial score (nSPS) is 11.1. The van der Waals surface area contributed by atoms with Crippen molar-refractivity contribution in [3.63, 3.8) is 0 Å². The Labute approximate surface area is 127 Å². The highest BCUT2D eigenvalue weighted by atomic mass is 16.1. The van der Waals surface area contributed by atoms with Gasteiger partial charge in [-0.05, 0) is 46.2 Å². The first kappa shape index (κ1) is 12.7. The summed E-state index contributed by atoms with van der Waals surface area (Å²) in [4.78, 5) is 14.8. The smallest absolute Gasteiger partial charge is 0.250 e. The van der Waals surface area contributed by atoms with Gasteiger partial charge in [-0.3, -0.25) is 4.79 Å². The number of benzene rings is 3. The number of H-pyrrole nitrogens is 1.